The highest BCUT2D eigenvalue weighted by atomic mass is 15.2. The zero-order valence-electron chi connectivity index (χ0n) is 10.2. The SMILES string of the molecule is CCCC(CC)N1Cc2ccccc2C1=N. The summed E-state index contributed by atoms with van der Waals surface area (Å²) in [5, 5.41) is 8.23. The van der Waals surface area contributed by atoms with Crippen LogP contribution in [-0.2, 0) is 6.54 Å². The fraction of sp³-hybridized carbons (Fsp3) is 0.500. The predicted molar refractivity (Wildman–Crippen MR) is 67.8 cm³/mol. The van der Waals surface area contributed by atoms with E-state index in [1.54, 1.807) is 0 Å². The van der Waals surface area contributed by atoms with Crippen molar-refractivity contribution in [2.24, 2.45) is 0 Å². The molecule has 0 fully saturated rings. The molecule has 0 amide bonds. The van der Waals surface area contributed by atoms with Gasteiger partial charge >= 0.3 is 0 Å². The molecule has 1 aromatic carbocycles. The third kappa shape index (κ3) is 1.84. The van der Waals surface area contributed by atoms with E-state index in [0.717, 1.165) is 24.4 Å². The van der Waals surface area contributed by atoms with Gasteiger partial charge in [0.25, 0.3) is 0 Å². The molecule has 2 heteroatoms. The summed E-state index contributed by atoms with van der Waals surface area (Å²) in [7, 11) is 0. The standard InChI is InChI=1S/C14H20N2/c1-3-7-12(4-2)16-10-11-8-5-6-9-13(11)14(16)15/h5-6,8-9,12,15H,3-4,7,10H2,1-2H3. The maximum Gasteiger partial charge on any atom is 0.128 e. The number of hydrogen-bond donors (Lipinski definition) is 1. The molecule has 2 rings (SSSR count). The number of rotatable bonds is 4. The summed E-state index contributed by atoms with van der Waals surface area (Å²) in [5.41, 5.74) is 2.43. The molecule has 0 bridgehead atoms. The van der Waals surface area contributed by atoms with Crippen LogP contribution in [0.25, 0.3) is 0 Å². The number of benzene rings is 1. The van der Waals surface area contributed by atoms with E-state index in [1.165, 1.54) is 18.4 Å². The summed E-state index contributed by atoms with van der Waals surface area (Å²) in [6, 6.07) is 8.83. The topological polar surface area (TPSA) is 27.1 Å². The molecule has 0 saturated heterocycles. The number of amidine groups is 1. The highest BCUT2D eigenvalue weighted by Crippen LogP contribution is 2.26. The average Bonchev–Trinajstić information content (AvgIpc) is 2.64. The molecular weight excluding hydrogens is 196 g/mol. The van der Waals surface area contributed by atoms with Crippen molar-refractivity contribution in [3.63, 3.8) is 0 Å². The first-order valence-electron chi connectivity index (χ1n) is 6.21. The Hall–Kier alpha value is -1.31. The van der Waals surface area contributed by atoms with E-state index in [-0.39, 0.29) is 0 Å². The Morgan fingerprint density at radius 1 is 1.31 bits per heavy atom. The lowest BCUT2D eigenvalue weighted by Crippen LogP contribution is -2.34. The summed E-state index contributed by atoms with van der Waals surface area (Å²) >= 11 is 0. The first kappa shape index (κ1) is 11.2. The van der Waals surface area contributed by atoms with Crippen molar-refractivity contribution in [1.29, 1.82) is 5.41 Å². The first-order chi connectivity index (χ1) is 7.77. The van der Waals surface area contributed by atoms with Gasteiger partial charge in [0, 0.05) is 18.2 Å². The molecule has 1 heterocycles. The van der Waals surface area contributed by atoms with Gasteiger partial charge in [-0.3, -0.25) is 5.41 Å². The van der Waals surface area contributed by atoms with Crippen molar-refractivity contribution in [2.45, 2.75) is 45.7 Å². The van der Waals surface area contributed by atoms with Gasteiger partial charge in [0.05, 0.1) is 0 Å². The van der Waals surface area contributed by atoms with Crippen molar-refractivity contribution in [3.8, 4) is 0 Å². The van der Waals surface area contributed by atoms with E-state index < -0.39 is 0 Å². The smallest absolute Gasteiger partial charge is 0.128 e. The van der Waals surface area contributed by atoms with Gasteiger partial charge in [0.15, 0.2) is 0 Å². The minimum atomic E-state index is 0.532. The second-order valence-corrected chi connectivity index (χ2v) is 4.48. The van der Waals surface area contributed by atoms with Crippen LogP contribution in [0.1, 0.15) is 44.2 Å². The Morgan fingerprint density at radius 3 is 2.69 bits per heavy atom. The molecule has 0 aromatic heterocycles. The molecule has 0 radical (unpaired) electrons. The Morgan fingerprint density at radius 2 is 2.06 bits per heavy atom. The highest BCUT2D eigenvalue weighted by Gasteiger charge is 2.27. The minimum absolute atomic E-state index is 0.532. The molecule has 1 aliphatic rings. The molecule has 1 atom stereocenters. The lowest BCUT2D eigenvalue weighted by molar-refractivity contribution is 0.287. The molecule has 86 valence electrons. The van der Waals surface area contributed by atoms with Crippen LogP contribution in [0.5, 0.6) is 0 Å². The quantitative estimate of drug-likeness (QED) is 0.820. The van der Waals surface area contributed by atoms with Crippen molar-refractivity contribution >= 4 is 5.84 Å². The van der Waals surface area contributed by atoms with Gasteiger partial charge in [0.1, 0.15) is 5.84 Å². The second-order valence-electron chi connectivity index (χ2n) is 4.48. The number of fused-ring (bicyclic) bond motifs is 1. The molecule has 16 heavy (non-hydrogen) atoms. The first-order valence-corrected chi connectivity index (χ1v) is 6.21. The molecule has 1 unspecified atom stereocenters. The van der Waals surface area contributed by atoms with Gasteiger partial charge in [0.2, 0.25) is 0 Å². The van der Waals surface area contributed by atoms with Gasteiger partial charge < -0.3 is 4.90 Å². The van der Waals surface area contributed by atoms with Crippen LogP contribution in [0.3, 0.4) is 0 Å². The van der Waals surface area contributed by atoms with Crippen LogP contribution in [0.4, 0.5) is 0 Å². The maximum absolute atomic E-state index is 8.23. The number of nitrogens with one attached hydrogen (secondary N) is 1. The maximum atomic E-state index is 8.23. The number of nitrogens with zero attached hydrogens (tertiary/aromatic N) is 1. The third-order valence-electron chi connectivity index (χ3n) is 3.43. The summed E-state index contributed by atoms with van der Waals surface area (Å²) in [4.78, 5) is 2.26. The normalized spacial score (nSPS) is 16.4. The average molecular weight is 216 g/mol. The zero-order valence-corrected chi connectivity index (χ0v) is 10.2. The lowest BCUT2D eigenvalue weighted by atomic mass is 10.1. The van der Waals surface area contributed by atoms with E-state index >= 15 is 0 Å². The Balaban J connectivity index is 2.20. The molecular formula is C14H20N2. The molecule has 1 aliphatic heterocycles. The Labute approximate surface area is 97.8 Å². The van der Waals surface area contributed by atoms with Crippen LogP contribution in [0.2, 0.25) is 0 Å². The van der Waals surface area contributed by atoms with Crippen molar-refractivity contribution in [3.05, 3.63) is 35.4 Å². The van der Waals surface area contributed by atoms with E-state index in [2.05, 4.69) is 36.9 Å². The zero-order chi connectivity index (χ0) is 11.5. The number of hydrogen-bond acceptors (Lipinski definition) is 1. The minimum Gasteiger partial charge on any atom is -0.349 e. The van der Waals surface area contributed by atoms with Gasteiger partial charge in [-0.2, -0.15) is 0 Å². The van der Waals surface area contributed by atoms with E-state index in [9.17, 15) is 0 Å². The van der Waals surface area contributed by atoms with Gasteiger partial charge in [-0.15, -0.1) is 0 Å². The van der Waals surface area contributed by atoms with Gasteiger partial charge in [-0.05, 0) is 18.4 Å². The molecule has 0 saturated carbocycles. The van der Waals surface area contributed by atoms with Crippen molar-refractivity contribution in [2.75, 3.05) is 0 Å². The Bertz CT molecular complexity index is 384. The third-order valence-corrected chi connectivity index (χ3v) is 3.43. The summed E-state index contributed by atoms with van der Waals surface area (Å²) < 4.78 is 0. The lowest BCUT2D eigenvalue weighted by Gasteiger charge is -2.28. The van der Waals surface area contributed by atoms with Crippen LogP contribution in [0.15, 0.2) is 24.3 Å². The Kier molecular flexibility index (Phi) is 3.28. The van der Waals surface area contributed by atoms with Crippen LogP contribution >= 0.6 is 0 Å². The molecule has 1 aromatic rings. The largest absolute Gasteiger partial charge is 0.349 e. The van der Waals surface area contributed by atoms with Crippen molar-refractivity contribution < 1.29 is 0 Å². The van der Waals surface area contributed by atoms with Crippen LogP contribution in [0, 0.1) is 5.41 Å². The summed E-state index contributed by atoms with van der Waals surface area (Å²) in [6.07, 6.45) is 3.51. The summed E-state index contributed by atoms with van der Waals surface area (Å²) in [5.74, 6) is 0.718. The van der Waals surface area contributed by atoms with E-state index in [4.69, 9.17) is 5.41 Å². The van der Waals surface area contributed by atoms with Crippen LogP contribution in [-0.4, -0.2) is 16.8 Å². The highest BCUT2D eigenvalue weighted by molar-refractivity contribution is 6.00. The fourth-order valence-electron chi connectivity index (χ4n) is 2.53. The van der Waals surface area contributed by atoms with Crippen LogP contribution < -0.4 is 0 Å². The monoisotopic (exact) mass is 216 g/mol. The second kappa shape index (κ2) is 4.69. The molecule has 1 N–H and O–H groups in total. The molecule has 2 nitrogen and oxygen atoms in total. The molecule has 0 aliphatic carbocycles. The fourth-order valence-corrected chi connectivity index (χ4v) is 2.53. The van der Waals surface area contributed by atoms with Crippen molar-refractivity contribution in [1.82, 2.24) is 4.90 Å². The predicted octanol–water partition coefficient (Wildman–Crippen LogP) is 3.41. The van der Waals surface area contributed by atoms with Gasteiger partial charge in [-0.25, -0.2) is 0 Å². The van der Waals surface area contributed by atoms with E-state index in [0.29, 0.717) is 6.04 Å². The van der Waals surface area contributed by atoms with E-state index in [1.807, 2.05) is 6.07 Å². The molecule has 0 spiro atoms. The van der Waals surface area contributed by atoms with Gasteiger partial charge in [-0.1, -0.05) is 44.5 Å². The summed E-state index contributed by atoms with van der Waals surface area (Å²) in [6.45, 7) is 5.36.